The second-order valence-corrected chi connectivity index (χ2v) is 8.98. The zero-order valence-electron chi connectivity index (χ0n) is 17.3. The molecule has 2 N–H and O–H groups in total. The number of anilines is 1. The van der Waals surface area contributed by atoms with Crippen molar-refractivity contribution in [3.8, 4) is 0 Å². The minimum Gasteiger partial charge on any atom is -0.345 e. The van der Waals surface area contributed by atoms with Crippen LogP contribution in [0.1, 0.15) is 46.4 Å². The van der Waals surface area contributed by atoms with Gasteiger partial charge >= 0.3 is 0 Å². The summed E-state index contributed by atoms with van der Waals surface area (Å²) in [5.74, 6) is -0.193. The lowest BCUT2D eigenvalue weighted by Gasteiger charge is -2.18. The first-order chi connectivity index (χ1) is 14.3. The minimum atomic E-state index is -3.70. The molecule has 3 aromatic rings. The maximum Gasteiger partial charge on any atom is 0.261 e. The highest BCUT2D eigenvalue weighted by Gasteiger charge is 2.17. The van der Waals surface area contributed by atoms with Crippen molar-refractivity contribution in [2.24, 2.45) is 0 Å². The third-order valence-electron chi connectivity index (χ3n) is 4.98. The molecule has 1 atom stereocenters. The molecule has 156 valence electrons. The third kappa shape index (κ3) is 5.07. The average molecular weight is 423 g/mol. The van der Waals surface area contributed by atoms with Crippen molar-refractivity contribution in [3.05, 3.63) is 95.1 Å². The molecule has 0 aliphatic heterocycles. The van der Waals surface area contributed by atoms with E-state index in [2.05, 4.69) is 10.0 Å². The summed E-state index contributed by atoms with van der Waals surface area (Å²) in [6.07, 6.45) is 0.767. The van der Waals surface area contributed by atoms with Crippen LogP contribution in [0.3, 0.4) is 0 Å². The molecule has 0 aliphatic carbocycles. The van der Waals surface area contributed by atoms with E-state index in [0.29, 0.717) is 16.8 Å². The standard InChI is InChI=1S/C24H26N2O3S/c1-4-22(19-8-6-5-7-9-19)25-24(27)20-12-15-23(18(3)16-20)26-30(28,29)21-13-10-17(2)11-14-21/h5-16,22,26H,4H2,1-3H3,(H,25,27). The maximum absolute atomic E-state index is 12.7. The Morgan fingerprint density at radius 3 is 2.20 bits per heavy atom. The fourth-order valence-electron chi connectivity index (χ4n) is 3.19. The van der Waals surface area contributed by atoms with E-state index >= 15 is 0 Å². The average Bonchev–Trinajstić information content (AvgIpc) is 2.74. The third-order valence-corrected chi connectivity index (χ3v) is 6.36. The molecule has 0 fully saturated rings. The zero-order valence-corrected chi connectivity index (χ0v) is 18.2. The summed E-state index contributed by atoms with van der Waals surface area (Å²) >= 11 is 0. The molecular formula is C24H26N2O3S. The molecular weight excluding hydrogens is 396 g/mol. The normalized spacial score (nSPS) is 12.2. The maximum atomic E-state index is 12.7. The predicted molar refractivity (Wildman–Crippen MR) is 120 cm³/mol. The van der Waals surface area contributed by atoms with E-state index in [1.807, 2.05) is 44.2 Å². The molecule has 0 bridgehead atoms. The molecule has 1 amide bonds. The summed E-state index contributed by atoms with van der Waals surface area (Å²) in [7, 11) is -3.70. The van der Waals surface area contributed by atoms with Gasteiger partial charge in [-0.25, -0.2) is 8.42 Å². The molecule has 0 aliphatic rings. The van der Waals surface area contributed by atoms with E-state index in [0.717, 1.165) is 17.5 Å². The van der Waals surface area contributed by atoms with Crippen molar-refractivity contribution in [2.45, 2.75) is 38.1 Å². The number of aryl methyl sites for hydroxylation is 2. The van der Waals surface area contributed by atoms with Crippen LogP contribution < -0.4 is 10.0 Å². The van der Waals surface area contributed by atoms with Gasteiger partial charge < -0.3 is 5.32 Å². The van der Waals surface area contributed by atoms with Crippen LogP contribution in [0.2, 0.25) is 0 Å². The Balaban J connectivity index is 1.76. The summed E-state index contributed by atoms with van der Waals surface area (Å²) in [6, 6.07) is 21.3. The van der Waals surface area contributed by atoms with Crippen LogP contribution in [0, 0.1) is 13.8 Å². The topological polar surface area (TPSA) is 75.3 Å². The summed E-state index contributed by atoms with van der Waals surface area (Å²) < 4.78 is 27.9. The van der Waals surface area contributed by atoms with Crippen LogP contribution in [-0.4, -0.2) is 14.3 Å². The van der Waals surface area contributed by atoms with Crippen molar-refractivity contribution in [3.63, 3.8) is 0 Å². The fraction of sp³-hybridized carbons (Fsp3) is 0.208. The summed E-state index contributed by atoms with van der Waals surface area (Å²) in [5, 5.41) is 3.05. The zero-order chi connectivity index (χ0) is 21.7. The van der Waals surface area contributed by atoms with E-state index < -0.39 is 10.0 Å². The largest absolute Gasteiger partial charge is 0.345 e. The first kappa shape index (κ1) is 21.6. The van der Waals surface area contributed by atoms with Crippen LogP contribution in [-0.2, 0) is 10.0 Å². The Bertz CT molecular complexity index is 1120. The molecule has 0 spiro atoms. The molecule has 3 rings (SSSR count). The number of sulfonamides is 1. The molecule has 0 saturated heterocycles. The lowest BCUT2D eigenvalue weighted by atomic mass is 10.0. The van der Waals surface area contributed by atoms with Crippen molar-refractivity contribution < 1.29 is 13.2 Å². The van der Waals surface area contributed by atoms with Gasteiger partial charge in [-0.05, 0) is 61.7 Å². The lowest BCUT2D eigenvalue weighted by Crippen LogP contribution is -2.28. The van der Waals surface area contributed by atoms with Crippen LogP contribution in [0.5, 0.6) is 0 Å². The van der Waals surface area contributed by atoms with E-state index in [9.17, 15) is 13.2 Å². The molecule has 0 aromatic heterocycles. The Hall–Kier alpha value is -3.12. The number of rotatable bonds is 7. The Morgan fingerprint density at radius 1 is 0.933 bits per heavy atom. The van der Waals surface area contributed by atoms with Crippen molar-refractivity contribution in [1.82, 2.24) is 5.32 Å². The van der Waals surface area contributed by atoms with Gasteiger partial charge in [0.05, 0.1) is 16.6 Å². The van der Waals surface area contributed by atoms with Gasteiger partial charge in [0.1, 0.15) is 0 Å². The fourth-order valence-corrected chi connectivity index (χ4v) is 4.32. The van der Waals surface area contributed by atoms with Crippen molar-refractivity contribution in [1.29, 1.82) is 0 Å². The number of carbonyl (C=O) groups excluding carboxylic acids is 1. The highest BCUT2D eigenvalue weighted by molar-refractivity contribution is 7.92. The highest BCUT2D eigenvalue weighted by Crippen LogP contribution is 2.22. The highest BCUT2D eigenvalue weighted by atomic mass is 32.2. The number of nitrogens with one attached hydrogen (secondary N) is 2. The van der Waals surface area contributed by atoms with E-state index in [-0.39, 0.29) is 16.8 Å². The number of hydrogen-bond acceptors (Lipinski definition) is 3. The number of benzene rings is 3. The summed E-state index contributed by atoms with van der Waals surface area (Å²) in [4.78, 5) is 12.9. The monoisotopic (exact) mass is 422 g/mol. The number of hydrogen-bond donors (Lipinski definition) is 2. The predicted octanol–water partition coefficient (Wildman–Crippen LogP) is 4.99. The second-order valence-electron chi connectivity index (χ2n) is 7.29. The van der Waals surface area contributed by atoms with Gasteiger partial charge in [-0.2, -0.15) is 0 Å². The van der Waals surface area contributed by atoms with Gasteiger partial charge in [-0.3, -0.25) is 9.52 Å². The smallest absolute Gasteiger partial charge is 0.261 e. The molecule has 1 unspecified atom stereocenters. The molecule has 0 saturated carbocycles. The Labute approximate surface area is 178 Å². The van der Waals surface area contributed by atoms with Crippen molar-refractivity contribution >= 4 is 21.6 Å². The van der Waals surface area contributed by atoms with Gasteiger partial charge in [0.2, 0.25) is 0 Å². The molecule has 3 aromatic carbocycles. The number of amides is 1. The molecule has 6 heteroatoms. The van der Waals surface area contributed by atoms with E-state index in [1.165, 1.54) is 0 Å². The van der Waals surface area contributed by atoms with Crippen LogP contribution in [0.15, 0.2) is 77.7 Å². The van der Waals surface area contributed by atoms with Gasteiger partial charge in [-0.15, -0.1) is 0 Å². The first-order valence-electron chi connectivity index (χ1n) is 9.86. The van der Waals surface area contributed by atoms with Gasteiger partial charge in [-0.1, -0.05) is 55.0 Å². The van der Waals surface area contributed by atoms with Crippen LogP contribution >= 0.6 is 0 Å². The second kappa shape index (κ2) is 9.13. The Kier molecular flexibility index (Phi) is 6.57. The minimum absolute atomic E-state index is 0.0845. The molecule has 5 nitrogen and oxygen atoms in total. The molecule has 0 radical (unpaired) electrons. The Morgan fingerprint density at radius 2 is 1.60 bits per heavy atom. The quantitative estimate of drug-likeness (QED) is 0.563. The van der Waals surface area contributed by atoms with Gasteiger partial charge in [0.25, 0.3) is 15.9 Å². The van der Waals surface area contributed by atoms with E-state index in [4.69, 9.17) is 0 Å². The van der Waals surface area contributed by atoms with E-state index in [1.54, 1.807) is 49.4 Å². The first-order valence-corrected chi connectivity index (χ1v) is 11.3. The number of carbonyl (C=O) groups is 1. The van der Waals surface area contributed by atoms with Crippen LogP contribution in [0.4, 0.5) is 5.69 Å². The van der Waals surface area contributed by atoms with Gasteiger partial charge in [0.15, 0.2) is 0 Å². The molecule has 0 heterocycles. The van der Waals surface area contributed by atoms with Gasteiger partial charge in [0, 0.05) is 5.56 Å². The van der Waals surface area contributed by atoms with Crippen molar-refractivity contribution in [2.75, 3.05) is 4.72 Å². The van der Waals surface area contributed by atoms with Crippen LogP contribution in [0.25, 0.3) is 0 Å². The molecule has 30 heavy (non-hydrogen) atoms. The summed E-state index contributed by atoms with van der Waals surface area (Å²) in [6.45, 7) is 5.70. The summed E-state index contributed by atoms with van der Waals surface area (Å²) in [5.41, 5.74) is 3.64. The SMILES string of the molecule is CCC(NC(=O)c1ccc(NS(=O)(=O)c2ccc(C)cc2)c(C)c1)c1ccccc1. The lowest BCUT2D eigenvalue weighted by molar-refractivity contribution is 0.0935.